The molecule has 1 aromatic heterocycles. The summed E-state index contributed by atoms with van der Waals surface area (Å²) in [4.78, 5) is 34.2. The van der Waals surface area contributed by atoms with Crippen LogP contribution >= 0.6 is 23.3 Å². The van der Waals surface area contributed by atoms with Crippen molar-refractivity contribution in [2.24, 2.45) is 0 Å². The van der Waals surface area contributed by atoms with E-state index in [4.69, 9.17) is 4.74 Å². The van der Waals surface area contributed by atoms with Gasteiger partial charge < -0.3 is 19.5 Å². The Morgan fingerprint density at radius 3 is 2.31 bits per heavy atom. The van der Waals surface area contributed by atoms with E-state index in [1.807, 2.05) is 69.6 Å². The van der Waals surface area contributed by atoms with E-state index >= 15 is 0 Å². The largest absolute Gasteiger partial charge is 0.462 e. The van der Waals surface area contributed by atoms with E-state index in [-0.39, 0.29) is 12.6 Å². The lowest BCUT2D eigenvalue weighted by Crippen LogP contribution is -2.07. The van der Waals surface area contributed by atoms with Crippen LogP contribution in [0.4, 0.5) is 10.7 Å². The molecule has 0 aliphatic rings. The molecule has 0 saturated heterocycles. The fourth-order valence-electron chi connectivity index (χ4n) is 2.70. The van der Waals surface area contributed by atoms with E-state index in [2.05, 4.69) is 14.8 Å². The summed E-state index contributed by atoms with van der Waals surface area (Å²) < 4.78 is 12.7. The Bertz CT molecular complexity index is 1050. The van der Waals surface area contributed by atoms with Gasteiger partial charge in [-0.05, 0) is 36.8 Å². The summed E-state index contributed by atoms with van der Waals surface area (Å²) in [5, 5.41) is 3.88. The topological polar surface area (TPSA) is 93.7 Å². The average Bonchev–Trinajstić information content (AvgIpc) is 3.35. The second kappa shape index (κ2) is 17.2. The van der Waals surface area contributed by atoms with Gasteiger partial charge in [0.2, 0.25) is 0 Å². The molecule has 0 aliphatic heterocycles. The van der Waals surface area contributed by atoms with Gasteiger partial charge in [0.15, 0.2) is 6.29 Å². The minimum atomic E-state index is -0.494. The van der Waals surface area contributed by atoms with E-state index in [1.54, 1.807) is 36.5 Å². The predicted molar refractivity (Wildman–Crippen MR) is 147 cm³/mol. The molecule has 0 fully saturated rings. The van der Waals surface area contributed by atoms with Crippen LogP contribution in [0.25, 0.3) is 10.4 Å². The highest BCUT2D eigenvalue weighted by molar-refractivity contribution is 7.99. The van der Waals surface area contributed by atoms with Crippen LogP contribution in [0.2, 0.25) is 0 Å². The van der Waals surface area contributed by atoms with Crippen LogP contribution in [0, 0.1) is 0 Å². The summed E-state index contributed by atoms with van der Waals surface area (Å²) in [5.74, 6) is -0.771. The number of benzene rings is 2. The van der Waals surface area contributed by atoms with Crippen LogP contribution < -0.4 is 10.0 Å². The second-order valence-electron chi connectivity index (χ2n) is 6.34. The smallest absolute Gasteiger partial charge is 0.341 e. The molecule has 0 saturated carbocycles. The van der Waals surface area contributed by atoms with Crippen molar-refractivity contribution < 1.29 is 23.9 Å². The molecule has 9 heteroatoms. The molecular weight excluding hydrogens is 484 g/mol. The number of anilines is 2. The molecule has 188 valence electrons. The summed E-state index contributed by atoms with van der Waals surface area (Å²) in [6.45, 7) is 5.99. The molecule has 0 aliphatic carbocycles. The number of carbonyl (C=O) groups is 3. The first kappa shape index (κ1) is 29.7. The molecule has 35 heavy (non-hydrogen) atoms. The summed E-state index contributed by atoms with van der Waals surface area (Å²) >= 11 is 2.99. The first-order valence-corrected chi connectivity index (χ1v) is 13.1. The minimum absolute atomic E-state index is 0.209. The highest BCUT2D eigenvalue weighted by Gasteiger charge is 2.17. The summed E-state index contributed by atoms with van der Waals surface area (Å²) in [5.41, 5.74) is 2.96. The molecule has 0 radical (unpaired) electrons. The Balaban J connectivity index is 0.000000332. The molecule has 2 N–H and O–H groups in total. The van der Waals surface area contributed by atoms with Gasteiger partial charge in [-0.2, -0.15) is 0 Å². The zero-order valence-electron chi connectivity index (χ0n) is 20.6. The fraction of sp³-hybridized carbons (Fsp3) is 0.269. The monoisotopic (exact) mass is 516 g/mol. The molecule has 0 bridgehead atoms. The lowest BCUT2D eigenvalue weighted by molar-refractivity contribution is -0.110. The third-order valence-electron chi connectivity index (χ3n) is 4.11. The van der Waals surface area contributed by atoms with Gasteiger partial charge in [-0.15, -0.1) is 11.3 Å². The zero-order valence-corrected chi connectivity index (χ0v) is 22.3. The van der Waals surface area contributed by atoms with Crippen LogP contribution in [0.3, 0.4) is 0 Å². The number of thiophene rings is 1. The maximum absolute atomic E-state index is 11.8. The average molecular weight is 517 g/mol. The van der Waals surface area contributed by atoms with Gasteiger partial charge in [-0.1, -0.05) is 62.2 Å². The molecule has 0 atom stereocenters. The maximum atomic E-state index is 11.8. The van der Waals surface area contributed by atoms with Crippen molar-refractivity contribution >= 4 is 52.2 Å². The van der Waals surface area contributed by atoms with E-state index in [1.165, 1.54) is 11.9 Å². The van der Waals surface area contributed by atoms with Crippen LogP contribution in [-0.4, -0.2) is 44.7 Å². The Labute approximate surface area is 215 Å². The van der Waals surface area contributed by atoms with E-state index in [9.17, 15) is 14.4 Å². The first-order chi connectivity index (χ1) is 17.0. The van der Waals surface area contributed by atoms with Crippen LogP contribution in [0.15, 0.2) is 60.7 Å². The van der Waals surface area contributed by atoms with Gasteiger partial charge >= 0.3 is 11.9 Å². The van der Waals surface area contributed by atoms with Crippen molar-refractivity contribution in [3.05, 3.63) is 71.8 Å². The van der Waals surface area contributed by atoms with E-state index < -0.39 is 5.97 Å². The van der Waals surface area contributed by atoms with Crippen molar-refractivity contribution in [3.8, 4) is 10.4 Å². The molecule has 0 unspecified atom stereocenters. The van der Waals surface area contributed by atoms with Crippen LogP contribution in [0.1, 0.15) is 41.5 Å². The summed E-state index contributed by atoms with van der Waals surface area (Å²) in [6.07, 6.45) is 2.43. The number of nitrogens with one attached hydrogen (secondary N) is 2. The number of aldehydes is 1. The Morgan fingerprint density at radius 1 is 1.00 bits per heavy atom. The first-order valence-electron chi connectivity index (χ1n) is 11.1. The van der Waals surface area contributed by atoms with Crippen LogP contribution in [0.5, 0.6) is 0 Å². The Kier molecular flexibility index (Phi) is 14.6. The number of hydrogen-bond donors (Lipinski definition) is 2. The normalized spacial score (nSPS) is 9.40. The molecule has 7 nitrogen and oxygen atoms in total. The standard InChI is InChI=1S/C14H15NO2S.C10H11NO3S.C2H6/c1-3-17-14(16)11-9-12(18-13(11)15-2)10-7-5-4-6-8-10;1-15-11-9-4-2-3-8(7-9)10(13)14-6-5-12;1-2/h4-9,15H,3H2,1-2H3;2-5,7,11H,6H2,1H3;1-2H3. The van der Waals surface area contributed by atoms with Crippen molar-refractivity contribution in [1.82, 2.24) is 0 Å². The Morgan fingerprint density at radius 2 is 1.71 bits per heavy atom. The van der Waals surface area contributed by atoms with Gasteiger partial charge in [0.05, 0.1) is 17.7 Å². The van der Waals surface area contributed by atoms with Crippen molar-refractivity contribution in [2.45, 2.75) is 20.8 Å². The lowest BCUT2D eigenvalue weighted by atomic mass is 10.1. The number of esters is 2. The molecule has 3 rings (SSSR count). The van der Waals surface area contributed by atoms with Crippen LogP contribution in [-0.2, 0) is 14.3 Å². The Hall–Kier alpha value is -3.30. The second-order valence-corrected chi connectivity index (χ2v) is 8.01. The quantitative estimate of drug-likeness (QED) is 0.192. The number of hydrogen-bond acceptors (Lipinski definition) is 9. The van der Waals surface area contributed by atoms with Crippen molar-refractivity contribution in [1.29, 1.82) is 0 Å². The molecule has 1 heterocycles. The van der Waals surface area contributed by atoms with Gasteiger partial charge in [-0.3, -0.25) is 4.79 Å². The fourth-order valence-corrected chi connectivity index (χ4v) is 4.07. The predicted octanol–water partition coefficient (Wildman–Crippen LogP) is 6.39. The van der Waals surface area contributed by atoms with E-state index in [0.29, 0.717) is 24.0 Å². The minimum Gasteiger partial charge on any atom is -0.462 e. The van der Waals surface area contributed by atoms with Gasteiger partial charge in [-0.25, -0.2) is 9.59 Å². The molecule has 2 aromatic carbocycles. The van der Waals surface area contributed by atoms with E-state index in [0.717, 1.165) is 21.1 Å². The SMILES string of the molecule is CC.CCOC(=O)c1cc(-c2ccccc2)sc1NC.CSNc1cccc(C(=O)OCC=O)c1. The molecular formula is C26H32N2O5S2. The summed E-state index contributed by atoms with van der Waals surface area (Å²) in [6, 6.07) is 18.8. The van der Waals surface area contributed by atoms with Crippen molar-refractivity contribution in [2.75, 3.05) is 36.6 Å². The highest BCUT2D eigenvalue weighted by atomic mass is 32.2. The van der Waals surface area contributed by atoms with Gasteiger partial charge in [0.25, 0.3) is 0 Å². The number of rotatable bonds is 9. The third-order valence-corrected chi connectivity index (χ3v) is 5.75. The molecule has 0 amide bonds. The zero-order chi connectivity index (χ0) is 26.1. The number of ether oxygens (including phenoxy) is 2. The lowest BCUT2D eigenvalue weighted by Gasteiger charge is -2.04. The van der Waals surface area contributed by atoms with Gasteiger partial charge in [0.1, 0.15) is 11.6 Å². The maximum Gasteiger partial charge on any atom is 0.341 e. The highest BCUT2D eigenvalue weighted by Crippen LogP contribution is 2.35. The molecule has 0 spiro atoms. The number of carbonyl (C=O) groups excluding carboxylic acids is 3. The third kappa shape index (κ3) is 9.84. The summed E-state index contributed by atoms with van der Waals surface area (Å²) in [7, 11) is 1.81. The molecule has 3 aromatic rings. The van der Waals surface area contributed by atoms with Gasteiger partial charge in [0, 0.05) is 23.9 Å². The van der Waals surface area contributed by atoms with Crippen molar-refractivity contribution in [3.63, 3.8) is 0 Å².